The highest BCUT2D eigenvalue weighted by atomic mass is 31.2. The smallest absolute Gasteiger partial charge is 0.396 e. The Morgan fingerprint density at radius 3 is 2.40 bits per heavy atom. The van der Waals surface area contributed by atoms with Gasteiger partial charge in [0, 0.05) is 25.7 Å². The number of rotatable bonds is 3. The van der Waals surface area contributed by atoms with Gasteiger partial charge in [0.15, 0.2) is 5.71 Å². The molecule has 0 spiro atoms. The molecule has 2 atom stereocenters. The van der Waals surface area contributed by atoms with Gasteiger partial charge in [-0.25, -0.2) is 0 Å². The Bertz CT molecular complexity index is 335. The molecule has 5 nitrogen and oxygen atoms in total. The van der Waals surface area contributed by atoms with E-state index in [0.29, 0.717) is 16.9 Å². The largest absolute Gasteiger partial charge is 0.623 e. The zero-order chi connectivity index (χ0) is 11.9. The first-order valence-electron chi connectivity index (χ1n) is 5.16. The Hall–Kier alpha value is -0.380. The molecule has 1 aliphatic heterocycles. The third kappa shape index (κ3) is 1.84. The highest BCUT2D eigenvalue weighted by Gasteiger charge is 2.57. The minimum Gasteiger partial charge on any atom is -0.623 e. The van der Waals surface area contributed by atoms with E-state index in [1.165, 1.54) is 6.92 Å². The summed E-state index contributed by atoms with van der Waals surface area (Å²) in [7, 11) is -4.39. The summed E-state index contributed by atoms with van der Waals surface area (Å²) in [5.41, 5.74) is 0.614. The second kappa shape index (κ2) is 3.89. The Morgan fingerprint density at radius 2 is 2.13 bits per heavy atom. The van der Waals surface area contributed by atoms with Gasteiger partial charge in [0.1, 0.15) is 0 Å². The molecule has 1 heterocycles. The third-order valence-electron chi connectivity index (χ3n) is 3.29. The van der Waals surface area contributed by atoms with Gasteiger partial charge < -0.3 is 15.0 Å². The van der Waals surface area contributed by atoms with Crippen molar-refractivity contribution in [3.63, 3.8) is 0 Å². The molecule has 0 radical (unpaired) electrons. The summed E-state index contributed by atoms with van der Waals surface area (Å²) >= 11 is 0. The molecule has 0 aromatic rings. The fraction of sp³-hybridized carbons (Fsp3) is 0.889. The maximum absolute atomic E-state index is 11.9. The summed E-state index contributed by atoms with van der Waals surface area (Å²) in [6.07, 6.45) is 1.55. The molecule has 6 heteroatoms. The molecule has 0 amide bonds. The zero-order valence-corrected chi connectivity index (χ0v) is 10.2. The fourth-order valence-electron chi connectivity index (χ4n) is 2.19. The molecule has 2 N–H and O–H groups in total. The summed E-state index contributed by atoms with van der Waals surface area (Å²) in [6.45, 7) is 5.12. The van der Waals surface area contributed by atoms with Crippen LogP contribution in [-0.4, -0.2) is 25.5 Å². The van der Waals surface area contributed by atoms with E-state index < -0.39 is 12.9 Å². The normalized spacial score (nSPS) is 32.5. The van der Waals surface area contributed by atoms with Crippen LogP contribution in [0.1, 0.15) is 40.0 Å². The van der Waals surface area contributed by atoms with Gasteiger partial charge in [0.05, 0.1) is 0 Å². The number of hydroxylamine groups is 1. The standard InChI is InChI=1S/C9H18NO4P/c1-4-7-6-9(3,15(12,13)14)10(11)8(7)5-2/h7H,4-6H2,1-3H3,(H2,12,13,14). The van der Waals surface area contributed by atoms with E-state index in [4.69, 9.17) is 0 Å². The summed E-state index contributed by atoms with van der Waals surface area (Å²) < 4.78 is 11.9. The summed E-state index contributed by atoms with van der Waals surface area (Å²) in [5, 5.41) is 10.3. The zero-order valence-electron chi connectivity index (χ0n) is 9.30. The van der Waals surface area contributed by atoms with Crippen LogP contribution in [0.5, 0.6) is 0 Å². The lowest BCUT2D eigenvalue weighted by Gasteiger charge is -2.24. The molecule has 1 rings (SSSR count). The van der Waals surface area contributed by atoms with Crippen LogP contribution in [0, 0.1) is 11.1 Å². The summed E-state index contributed by atoms with van der Waals surface area (Å²) in [4.78, 5) is 18.5. The molecule has 1 aliphatic rings. The van der Waals surface area contributed by atoms with Crippen LogP contribution in [0.25, 0.3) is 0 Å². The molecule has 2 unspecified atom stereocenters. The van der Waals surface area contributed by atoms with E-state index in [2.05, 4.69) is 0 Å². The SMILES string of the molecule is CCC1=[N+]([O-])C(C)(P(=O)(O)O)CC1CC. The quantitative estimate of drug-likeness (QED) is 0.442. The average Bonchev–Trinajstić information content (AvgIpc) is 2.39. The molecule has 0 aromatic heterocycles. The Kier molecular flexibility index (Phi) is 3.29. The molecule has 0 fully saturated rings. The molecular formula is C9H18NO4P. The van der Waals surface area contributed by atoms with Crippen molar-refractivity contribution in [2.45, 2.75) is 45.3 Å². The molecule has 0 bridgehead atoms. The van der Waals surface area contributed by atoms with Gasteiger partial charge in [-0.3, -0.25) is 4.57 Å². The lowest BCUT2D eigenvalue weighted by atomic mass is 9.96. The molecular weight excluding hydrogens is 217 g/mol. The highest BCUT2D eigenvalue weighted by molar-refractivity contribution is 7.53. The first kappa shape index (κ1) is 12.7. The first-order chi connectivity index (χ1) is 6.78. The summed E-state index contributed by atoms with van der Waals surface area (Å²) in [5.74, 6) is 0.00475. The second-order valence-electron chi connectivity index (χ2n) is 4.21. The maximum atomic E-state index is 11.9. The highest BCUT2D eigenvalue weighted by Crippen LogP contribution is 2.56. The average molecular weight is 235 g/mol. The number of nitrogens with zero attached hydrogens (tertiary/aromatic N) is 1. The van der Waals surface area contributed by atoms with E-state index in [1.54, 1.807) is 0 Å². The van der Waals surface area contributed by atoms with Crippen molar-refractivity contribution in [2.75, 3.05) is 0 Å². The molecule has 0 aromatic carbocycles. The van der Waals surface area contributed by atoms with E-state index in [0.717, 1.165) is 6.42 Å². The lowest BCUT2D eigenvalue weighted by Crippen LogP contribution is -2.33. The third-order valence-corrected chi connectivity index (χ3v) is 4.90. The van der Waals surface area contributed by atoms with E-state index in [1.807, 2.05) is 13.8 Å². The van der Waals surface area contributed by atoms with Crippen LogP contribution < -0.4 is 0 Å². The minimum absolute atomic E-state index is 0.00475. The minimum atomic E-state index is -4.39. The topological polar surface area (TPSA) is 83.6 Å². The maximum Gasteiger partial charge on any atom is 0.396 e. The second-order valence-corrected chi connectivity index (χ2v) is 6.26. The van der Waals surface area contributed by atoms with Gasteiger partial charge in [-0.2, -0.15) is 4.74 Å². The van der Waals surface area contributed by atoms with Crippen LogP contribution >= 0.6 is 7.60 Å². The van der Waals surface area contributed by atoms with Crippen LogP contribution in [-0.2, 0) is 4.57 Å². The Labute approximate surface area is 89.6 Å². The fourth-order valence-corrected chi connectivity index (χ4v) is 3.02. The van der Waals surface area contributed by atoms with E-state index >= 15 is 0 Å². The van der Waals surface area contributed by atoms with Crippen molar-refractivity contribution in [3.05, 3.63) is 5.21 Å². The van der Waals surface area contributed by atoms with Crippen LogP contribution in [0.15, 0.2) is 0 Å². The van der Waals surface area contributed by atoms with Crippen LogP contribution in [0.2, 0.25) is 0 Å². The van der Waals surface area contributed by atoms with Crippen molar-refractivity contribution >= 4 is 13.3 Å². The van der Waals surface area contributed by atoms with Crippen molar-refractivity contribution < 1.29 is 19.1 Å². The molecule has 88 valence electrons. The van der Waals surface area contributed by atoms with Crippen LogP contribution in [0.3, 0.4) is 0 Å². The summed E-state index contributed by atoms with van der Waals surface area (Å²) in [6, 6.07) is 0. The monoisotopic (exact) mass is 235 g/mol. The van der Waals surface area contributed by atoms with Crippen molar-refractivity contribution in [1.29, 1.82) is 0 Å². The van der Waals surface area contributed by atoms with Gasteiger partial charge in [0.2, 0.25) is 0 Å². The Balaban J connectivity index is 3.19. The molecule has 0 saturated carbocycles. The number of hydrogen-bond acceptors (Lipinski definition) is 2. The molecule has 0 aliphatic carbocycles. The van der Waals surface area contributed by atoms with Gasteiger partial charge in [-0.1, -0.05) is 13.8 Å². The van der Waals surface area contributed by atoms with Crippen molar-refractivity contribution in [3.8, 4) is 0 Å². The molecule has 0 saturated heterocycles. The Morgan fingerprint density at radius 1 is 1.60 bits per heavy atom. The van der Waals surface area contributed by atoms with Gasteiger partial charge in [-0.05, 0) is 6.42 Å². The number of hydrogen-bond donors (Lipinski definition) is 2. The predicted octanol–water partition coefficient (Wildman–Crippen LogP) is 1.67. The van der Waals surface area contributed by atoms with Gasteiger partial charge >= 0.3 is 7.60 Å². The predicted molar refractivity (Wildman–Crippen MR) is 57.8 cm³/mol. The van der Waals surface area contributed by atoms with E-state index in [-0.39, 0.29) is 12.3 Å². The van der Waals surface area contributed by atoms with Crippen LogP contribution in [0.4, 0.5) is 0 Å². The molecule has 15 heavy (non-hydrogen) atoms. The lowest BCUT2D eigenvalue weighted by molar-refractivity contribution is -0.511. The van der Waals surface area contributed by atoms with Gasteiger partial charge in [-0.15, -0.1) is 0 Å². The van der Waals surface area contributed by atoms with Crippen molar-refractivity contribution in [2.24, 2.45) is 5.92 Å². The first-order valence-corrected chi connectivity index (χ1v) is 6.77. The van der Waals surface area contributed by atoms with E-state index in [9.17, 15) is 19.6 Å². The van der Waals surface area contributed by atoms with Gasteiger partial charge in [0.25, 0.3) is 5.28 Å². The van der Waals surface area contributed by atoms with Crippen molar-refractivity contribution in [1.82, 2.24) is 0 Å².